The zero-order valence-corrected chi connectivity index (χ0v) is 14.2. The first-order valence-corrected chi connectivity index (χ1v) is 7.94. The summed E-state index contributed by atoms with van der Waals surface area (Å²) in [5.41, 5.74) is 7.06. The summed E-state index contributed by atoms with van der Waals surface area (Å²) in [5, 5.41) is 3.52. The van der Waals surface area contributed by atoms with Gasteiger partial charge in [-0.3, -0.25) is 0 Å². The zero-order valence-electron chi connectivity index (χ0n) is 12.7. The Balaban J connectivity index is 2.59. The lowest BCUT2D eigenvalue weighted by molar-refractivity contribution is 0.297. The van der Waals surface area contributed by atoms with Crippen LogP contribution in [0.2, 0.25) is 0 Å². The van der Waals surface area contributed by atoms with Gasteiger partial charge in [0.25, 0.3) is 0 Å². The van der Waals surface area contributed by atoms with Crippen molar-refractivity contribution < 1.29 is 4.74 Å². The van der Waals surface area contributed by atoms with E-state index >= 15 is 0 Å². The second-order valence-electron chi connectivity index (χ2n) is 4.66. The van der Waals surface area contributed by atoms with Crippen LogP contribution in [-0.4, -0.2) is 44.7 Å². The van der Waals surface area contributed by atoms with E-state index in [-0.39, 0.29) is 6.04 Å². The first-order chi connectivity index (χ1) is 9.65. The number of halogens is 1. The largest absolute Gasteiger partial charge is 0.496 e. The number of benzene rings is 1. The number of nitrogens with two attached hydrogens (primary N) is 1. The molecular formula is C15H26BrN3O. The lowest BCUT2D eigenvalue weighted by Gasteiger charge is -2.22. The number of nitrogens with zero attached hydrogens (tertiary/aromatic N) is 1. The van der Waals surface area contributed by atoms with Crippen LogP contribution in [0, 0.1) is 0 Å². The molecule has 0 spiro atoms. The van der Waals surface area contributed by atoms with Crippen molar-refractivity contribution in [2.45, 2.75) is 19.9 Å². The van der Waals surface area contributed by atoms with Gasteiger partial charge in [-0.05, 0) is 46.7 Å². The fourth-order valence-corrected chi connectivity index (χ4v) is 2.73. The van der Waals surface area contributed by atoms with Crippen LogP contribution in [0.1, 0.15) is 25.5 Å². The summed E-state index contributed by atoms with van der Waals surface area (Å²) in [7, 11) is 1.67. The van der Waals surface area contributed by atoms with E-state index in [1.165, 1.54) is 5.56 Å². The average molecular weight is 344 g/mol. The average Bonchev–Trinajstić information content (AvgIpc) is 2.47. The first-order valence-electron chi connectivity index (χ1n) is 7.15. The summed E-state index contributed by atoms with van der Waals surface area (Å²) >= 11 is 3.52. The maximum atomic E-state index is 5.88. The summed E-state index contributed by atoms with van der Waals surface area (Å²) in [6, 6.07) is 6.27. The molecule has 0 heterocycles. The molecule has 5 heteroatoms. The molecule has 3 N–H and O–H groups in total. The van der Waals surface area contributed by atoms with Crippen molar-refractivity contribution in [1.29, 1.82) is 0 Å². The van der Waals surface area contributed by atoms with Gasteiger partial charge in [0.1, 0.15) is 5.75 Å². The Morgan fingerprint density at radius 2 is 2.05 bits per heavy atom. The Hall–Kier alpha value is -0.620. The second-order valence-corrected chi connectivity index (χ2v) is 5.52. The quantitative estimate of drug-likeness (QED) is 0.722. The van der Waals surface area contributed by atoms with Crippen LogP contribution in [-0.2, 0) is 0 Å². The van der Waals surface area contributed by atoms with Crippen LogP contribution in [0.3, 0.4) is 0 Å². The summed E-state index contributed by atoms with van der Waals surface area (Å²) in [4.78, 5) is 2.39. The lowest BCUT2D eigenvalue weighted by Crippen LogP contribution is -2.36. The number of hydrogen-bond donors (Lipinski definition) is 2. The van der Waals surface area contributed by atoms with E-state index in [4.69, 9.17) is 10.5 Å². The molecule has 1 unspecified atom stereocenters. The van der Waals surface area contributed by atoms with Gasteiger partial charge in [-0.15, -0.1) is 0 Å². The molecule has 0 aliphatic rings. The van der Waals surface area contributed by atoms with Gasteiger partial charge in [-0.1, -0.05) is 19.9 Å². The predicted octanol–water partition coefficient (Wildman–Crippen LogP) is 2.39. The molecule has 1 aromatic rings. The molecule has 114 valence electrons. The summed E-state index contributed by atoms with van der Waals surface area (Å²) in [6.07, 6.45) is 0. The van der Waals surface area contributed by atoms with Gasteiger partial charge in [-0.25, -0.2) is 0 Å². The van der Waals surface area contributed by atoms with Gasteiger partial charge in [0.15, 0.2) is 0 Å². The van der Waals surface area contributed by atoms with E-state index < -0.39 is 0 Å². The Bertz CT molecular complexity index is 397. The number of rotatable bonds is 9. The van der Waals surface area contributed by atoms with Gasteiger partial charge in [0.2, 0.25) is 0 Å². The van der Waals surface area contributed by atoms with Crippen LogP contribution in [0.5, 0.6) is 5.75 Å². The molecule has 0 radical (unpaired) electrons. The maximum absolute atomic E-state index is 5.88. The summed E-state index contributed by atoms with van der Waals surface area (Å²) < 4.78 is 6.21. The third-order valence-electron chi connectivity index (χ3n) is 3.53. The topological polar surface area (TPSA) is 50.5 Å². The van der Waals surface area contributed by atoms with E-state index in [0.29, 0.717) is 6.54 Å². The maximum Gasteiger partial charge on any atom is 0.133 e. The van der Waals surface area contributed by atoms with E-state index in [1.54, 1.807) is 7.11 Å². The van der Waals surface area contributed by atoms with Gasteiger partial charge in [0.05, 0.1) is 11.6 Å². The van der Waals surface area contributed by atoms with E-state index in [2.05, 4.69) is 52.1 Å². The van der Waals surface area contributed by atoms with Gasteiger partial charge in [-0.2, -0.15) is 0 Å². The molecule has 1 rings (SSSR count). The molecule has 20 heavy (non-hydrogen) atoms. The van der Waals surface area contributed by atoms with Crippen LogP contribution in [0.25, 0.3) is 0 Å². The highest BCUT2D eigenvalue weighted by Crippen LogP contribution is 2.27. The van der Waals surface area contributed by atoms with Crippen LogP contribution >= 0.6 is 15.9 Å². The van der Waals surface area contributed by atoms with Crippen molar-refractivity contribution in [1.82, 2.24) is 10.2 Å². The van der Waals surface area contributed by atoms with Crippen molar-refractivity contribution >= 4 is 15.9 Å². The fraction of sp³-hybridized carbons (Fsp3) is 0.600. The zero-order chi connectivity index (χ0) is 15.0. The van der Waals surface area contributed by atoms with Gasteiger partial charge >= 0.3 is 0 Å². The molecule has 0 amide bonds. The van der Waals surface area contributed by atoms with Crippen molar-refractivity contribution in [2.24, 2.45) is 5.73 Å². The monoisotopic (exact) mass is 343 g/mol. The third kappa shape index (κ3) is 5.05. The van der Waals surface area contributed by atoms with Crippen molar-refractivity contribution in [2.75, 3.05) is 39.8 Å². The molecule has 0 saturated carbocycles. The number of nitrogens with one attached hydrogen (secondary N) is 1. The molecule has 4 nitrogen and oxygen atoms in total. The Kier molecular flexibility index (Phi) is 8.14. The number of hydrogen-bond acceptors (Lipinski definition) is 4. The molecule has 1 atom stereocenters. The van der Waals surface area contributed by atoms with Crippen LogP contribution in [0.15, 0.2) is 22.7 Å². The Labute approximate surface area is 130 Å². The van der Waals surface area contributed by atoms with Crippen molar-refractivity contribution in [3.63, 3.8) is 0 Å². The highest BCUT2D eigenvalue weighted by atomic mass is 79.9. The number of ether oxygens (including phenoxy) is 1. The molecule has 1 aromatic carbocycles. The molecule has 0 bridgehead atoms. The minimum Gasteiger partial charge on any atom is -0.496 e. The second kappa shape index (κ2) is 9.34. The molecular weight excluding hydrogens is 318 g/mol. The van der Waals surface area contributed by atoms with E-state index in [0.717, 1.165) is 36.4 Å². The van der Waals surface area contributed by atoms with Gasteiger partial charge < -0.3 is 20.7 Å². The van der Waals surface area contributed by atoms with E-state index in [9.17, 15) is 0 Å². The standard InChI is InChI=1S/C15H26BrN3O/c1-4-19(5-2)9-8-18-14(11-17)12-6-7-15(20-3)13(16)10-12/h6-7,10,14,18H,4-5,8-9,11,17H2,1-3H3. The van der Waals surface area contributed by atoms with Crippen LogP contribution in [0.4, 0.5) is 0 Å². The highest BCUT2D eigenvalue weighted by Gasteiger charge is 2.11. The molecule has 0 aliphatic carbocycles. The Morgan fingerprint density at radius 1 is 1.35 bits per heavy atom. The SMILES string of the molecule is CCN(CC)CCNC(CN)c1ccc(OC)c(Br)c1. The van der Waals surface area contributed by atoms with E-state index in [1.807, 2.05) is 6.07 Å². The van der Waals surface area contributed by atoms with Crippen molar-refractivity contribution in [3.8, 4) is 5.75 Å². The fourth-order valence-electron chi connectivity index (χ4n) is 2.17. The van der Waals surface area contributed by atoms with Gasteiger partial charge in [0, 0.05) is 25.7 Å². The normalized spacial score (nSPS) is 12.7. The highest BCUT2D eigenvalue weighted by molar-refractivity contribution is 9.10. The molecule has 0 fully saturated rings. The summed E-state index contributed by atoms with van der Waals surface area (Å²) in [5.74, 6) is 0.840. The summed E-state index contributed by atoms with van der Waals surface area (Å²) in [6.45, 7) is 9.10. The number of likely N-dealkylation sites (N-methyl/N-ethyl adjacent to an activating group) is 1. The molecule has 0 aliphatic heterocycles. The molecule has 0 aromatic heterocycles. The van der Waals surface area contributed by atoms with Crippen LogP contribution < -0.4 is 15.8 Å². The minimum atomic E-state index is 0.174. The smallest absolute Gasteiger partial charge is 0.133 e. The minimum absolute atomic E-state index is 0.174. The Morgan fingerprint density at radius 3 is 2.55 bits per heavy atom. The molecule has 0 saturated heterocycles. The predicted molar refractivity (Wildman–Crippen MR) is 88.3 cm³/mol. The van der Waals surface area contributed by atoms with Crippen molar-refractivity contribution in [3.05, 3.63) is 28.2 Å². The first kappa shape index (κ1) is 17.4. The number of methoxy groups -OCH3 is 1. The third-order valence-corrected chi connectivity index (χ3v) is 4.15. The lowest BCUT2D eigenvalue weighted by atomic mass is 10.1.